The van der Waals surface area contributed by atoms with Crippen LogP contribution in [0.2, 0.25) is 0 Å². The Morgan fingerprint density at radius 3 is 2.61 bits per heavy atom. The van der Waals surface area contributed by atoms with Crippen LogP contribution in [0.3, 0.4) is 0 Å². The third-order valence-corrected chi connectivity index (χ3v) is 3.27. The van der Waals surface area contributed by atoms with Crippen molar-refractivity contribution in [3.05, 3.63) is 23.8 Å². The summed E-state index contributed by atoms with van der Waals surface area (Å²) in [6.45, 7) is 1.37. The Labute approximate surface area is 106 Å². The van der Waals surface area contributed by atoms with Crippen LogP contribution >= 0.6 is 0 Å². The molecular formula is C13H18N2O3. The van der Waals surface area contributed by atoms with Gasteiger partial charge in [0.2, 0.25) is 0 Å². The molecule has 1 fully saturated rings. The first kappa shape index (κ1) is 12.7. The molecule has 1 unspecified atom stereocenters. The summed E-state index contributed by atoms with van der Waals surface area (Å²) in [6.07, 6.45) is 2.02. The number of nitrogens with zero attached hydrogens (tertiary/aromatic N) is 1. The van der Waals surface area contributed by atoms with E-state index in [1.54, 1.807) is 4.90 Å². The van der Waals surface area contributed by atoms with Gasteiger partial charge in [-0.3, -0.25) is 4.79 Å². The van der Waals surface area contributed by atoms with E-state index in [0.29, 0.717) is 24.7 Å². The highest BCUT2D eigenvalue weighted by Crippen LogP contribution is 2.22. The Morgan fingerprint density at radius 1 is 1.33 bits per heavy atom. The number of rotatable bonds is 2. The summed E-state index contributed by atoms with van der Waals surface area (Å²) in [7, 11) is 1.89. The molecule has 5 nitrogen and oxygen atoms in total. The molecule has 1 aromatic rings. The predicted octanol–water partition coefficient (Wildman–Crippen LogP) is 0.922. The van der Waals surface area contributed by atoms with Gasteiger partial charge in [0.25, 0.3) is 5.91 Å². The number of hydrogen-bond donors (Lipinski definition) is 3. The van der Waals surface area contributed by atoms with Gasteiger partial charge in [-0.15, -0.1) is 0 Å². The second-order valence-electron chi connectivity index (χ2n) is 4.62. The van der Waals surface area contributed by atoms with Gasteiger partial charge in [0.1, 0.15) is 11.5 Å². The van der Waals surface area contributed by atoms with Crippen LogP contribution in [-0.4, -0.2) is 47.2 Å². The van der Waals surface area contributed by atoms with Crippen LogP contribution in [-0.2, 0) is 0 Å². The zero-order valence-electron chi connectivity index (χ0n) is 10.4. The van der Waals surface area contributed by atoms with E-state index in [1.807, 2.05) is 7.05 Å². The zero-order chi connectivity index (χ0) is 13.1. The summed E-state index contributed by atoms with van der Waals surface area (Å²) < 4.78 is 0. The standard InChI is InChI=1S/C13H18N2O3/c1-14-10-3-2-4-15(8-10)13(18)9-5-11(16)7-12(17)6-9/h5-7,10,14,16-17H,2-4,8H2,1H3. The highest BCUT2D eigenvalue weighted by atomic mass is 16.3. The van der Waals surface area contributed by atoms with Crippen LogP contribution in [0, 0.1) is 0 Å². The van der Waals surface area contributed by atoms with Gasteiger partial charge >= 0.3 is 0 Å². The number of carbonyl (C=O) groups is 1. The number of phenols is 2. The second kappa shape index (κ2) is 5.27. The van der Waals surface area contributed by atoms with E-state index in [0.717, 1.165) is 12.8 Å². The van der Waals surface area contributed by atoms with Crippen molar-refractivity contribution in [2.24, 2.45) is 0 Å². The van der Waals surface area contributed by atoms with Crippen LogP contribution in [0.5, 0.6) is 11.5 Å². The number of likely N-dealkylation sites (N-methyl/N-ethyl adjacent to an activating group) is 1. The average Bonchev–Trinajstić information content (AvgIpc) is 2.37. The Kier molecular flexibility index (Phi) is 3.72. The molecule has 5 heteroatoms. The van der Waals surface area contributed by atoms with Crippen molar-refractivity contribution in [2.75, 3.05) is 20.1 Å². The molecule has 0 aromatic heterocycles. The van der Waals surface area contributed by atoms with Gasteiger partial charge in [0.05, 0.1) is 0 Å². The van der Waals surface area contributed by atoms with Gasteiger partial charge in [-0.2, -0.15) is 0 Å². The van der Waals surface area contributed by atoms with Crippen LogP contribution in [0.4, 0.5) is 0 Å². The number of piperidine rings is 1. The SMILES string of the molecule is CNC1CCCN(C(=O)c2cc(O)cc(O)c2)C1. The van der Waals surface area contributed by atoms with Crippen LogP contribution < -0.4 is 5.32 Å². The van der Waals surface area contributed by atoms with Gasteiger partial charge in [0.15, 0.2) is 0 Å². The molecule has 1 amide bonds. The molecule has 1 atom stereocenters. The number of carbonyl (C=O) groups excluding carboxylic acids is 1. The molecule has 98 valence electrons. The lowest BCUT2D eigenvalue weighted by atomic mass is 10.0. The predicted molar refractivity (Wildman–Crippen MR) is 67.8 cm³/mol. The summed E-state index contributed by atoms with van der Waals surface area (Å²) in [4.78, 5) is 14.0. The highest BCUT2D eigenvalue weighted by Gasteiger charge is 2.23. The topological polar surface area (TPSA) is 72.8 Å². The highest BCUT2D eigenvalue weighted by molar-refractivity contribution is 5.95. The average molecular weight is 250 g/mol. The molecule has 0 spiro atoms. The minimum Gasteiger partial charge on any atom is -0.508 e. The van der Waals surface area contributed by atoms with Gasteiger partial charge in [-0.25, -0.2) is 0 Å². The lowest BCUT2D eigenvalue weighted by Crippen LogP contribution is -2.46. The number of nitrogens with one attached hydrogen (secondary N) is 1. The molecule has 0 aliphatic carbocycles. The fourth-order valence-electron chi connectivity index (χ4n) is 2.30. The summed E-state index contributed by atoms with van der Waals surface area (Å²) in [5.74, 6) is -0.345. The number of amides is 1. The molecule has 1 saturated heterocycles. The largest absolute Gasteiger partial charge is 0.508 e. The molecule has 2 rings (SSSR count). The van der Waals surface area contributed by atoms with Crippen LogP contribution in [0.1, 0.15) is 23.2 Å². The van der Waals surface area contributed by atoms with Gasteiger partial charge < -0.3 is 20.4 Å². The molecule has 1 heterocycles. The van der Waals surface area contributed by atoms with E-state index in [1.165, 1.54) is 18.2 Å². The minimum atomic E-state index is -0.152. The van der Waals surface area contributed by atoms with Crippen molar-refractivity contribution in [1.29, 1.82) is 0 Å². The molecule has 1 aliphatic rings. The molecular weight excluding hydrogens is 232 g/mol. The van der Waals surface area contributed by atoms with E-state index >= 15 is 0 Å². The van der Waals surface area contributed by atoms with Crippen molar-refractivity contribution >= 4 is 5.91 Å². The normalized spacial score (nSPS) is 19.8. The van der Waals surface area contributed by atoms with Crippen molar-refractivity contribution < 1.29 is 15.0 Å². The maximum atomic E-state index is 12.2. The first-order valence-electron chi connectivity index (χ1n) is 6.09. The third kappa shape index (κ3) is 2.73. The lowest BCUT2D eigenvalue weighted by Gasteiger charge is -2.32. The van der Waals surface area contributed by atoms with Crippen molar-refractivity contribution in [3.63, 3.8) is 0 Å². The first-order chi connectivity index (χ1) is 8.60. The summed E-state index contributed by atoms with van der Waals surface area (Å²) in [6, 6.07) is 4.29. The smallest absolute Gasteiger partial charge is 0.254 e. The maximum Gasteiger partial charge on any atom is 0.254 e. The van der Waals surface area contributed by atoms with Gasteiger partial charge in [-0.05, 0) is 32.0 Å². The fourth-order valence-corrected chi connectivity index (χ4v) is 2.30. The maximum absolute atomic E-state index is 12.2. The molecule has 0 bridgehead atoms. The number of benzene rings is 1. The van der Waals surface area contributed by atoms with Crippen molar-refractivity contribution in [3.8, 4) is 11.5 Å². The first-order valence-corrected chi connectivity index (χ1v) is 6.09. The number of phenolic OH excluding ortho intramolecular Hbond substituents is 2. The molecule has 0 radical (unpaired) electrons. The molecule has 1 aromatic carbocycles. The van der Waals surface area contributed by atoms with Crippen molar-refractivity contribution in [2.45, 2.75) is 18.9 Å². The van der Waals surface area contributed by atoms with Crippen molar-refractivity contribution in [1.82, 2.24) is 10.2 Å². The van der Waals surface area contributed by atoms with Gasteiger partial charge in [0, 0.05) is 30.8 Å². The van der Waals surface area contributed by atoms with E-state index in [9.17, 15) is 15.0 Å². The molecule has 3 N–H and O–H groups in total. The number of likely N-dealkylation sites (tertiary alicyclic amines) is 1. The summed E-state index contributed by atoms with van der Waals surface area (Å²) >= 11 is 0. The van der Waals surface area contributed by atoms with Crippen LogP contribution in [0.25, 0.3) is 0 Å². The Morgan fingerprint density at radius 2 is 2.00 bits per heavy atom. The zero-order valence-corrected chi connectivity index (χ0v) is 10.4. The molecule has 0 saturated carbocycles. The third-order valence-electron chi connectivity index (χ3n) is 3.27. The number of hydrogen-bond acceptors (Lipinski definition) is 4. The Hall–Kier alpha value is -1.75. The number of aromatic hydroxyl groups is 2. The molecule has 18 heavy (non-hydrogen) atoms. The quantitative estimate of drug-likeness (QED) is 0.730. The van der Waals surface area contributed by atoms with E-state index in [-0.39, 0.29) is 17.4 Å². The second-order valence-corrected chi connectivity index (χ2v) is 4.62. The lowest BCUT2D eigenvalue weighted by molar-refractivity contribution is 0.0697. The summed E-state index contributed by atoms with van der Waals surface area (Å²) in [5, 5.41) is 22.0. The Balaban J connectivity index is 2.15. The summed E-state index contributed by atoms with van der Waals surface area (Å²) in [5.41, 5.74) is 0.323. The van der Waals surface area contributed by atoms with E-state index in [2.05, 4.69) is 5.32 Å². The Bertz CT molecular complexity index is 428. The fraction of sp³-hybridized carbons (Fsp3) is 0.462. The van der Waals surface area contributed by atoms with E-state index < -0.39 is 0 Å². The van der Waals surface area contributed by atoms with Gasteiger partial charge in [-0.1, -0.05) is 0 Å². The molecule has 1 aliphatic heterocycles. The monoisotopic (exact) mass is 250 g/mol. The minimum absolute atomic E-state index is 0.0967. The van der Waals surface area contributed by atoms with Crippen LogP contribution in [0.15, 0.2) is 18.2 Å². The van der Waals surface area contributed by atoms with E-state index in [4.69, 9.17) is 0 Å².